The van der Waals surface area contributed by atoms with Crippen LogP contribution in [0.5, 0.6) is 5.88 Å². The molecule has 0 bridgehead atoms. The number of likely N-dealkylation sites (N-methyl/N-ethyl adjacent to an activating group) is 1. The number of benzene rings is 1. The molecule has 1 fully saturated rings. The Hall–Kier alpha value is -3.58. The summed E-state index contributed by atoms with van der Waals surface area (Å²) in [5.41, 5.74) is 3.80. The summed E-state index contributed by atoms with van der Waals surface area (Å²) in [6, 6.07) is 9.39. The summed E-state index contributed by atoms with van der Waals surface area (Å²) in [6.45, 7) is 5.56. The van der Waals surface area contributed by atoms with Gasteiger partial charge in [-0.25, -0.2) is 9.59 Å². The number of aromatic nitrogens is 1. The Morgan fingerprint density at radius 2 is 1.71 bits per heavy atom. The van der Waals surface area contributed by atoms with E-state index in [4.69, 9.17) is 14.6 Å². The molecule has 4 rings (SSSR count). The minimum Gasteiger partial charge on any atom is -0.479 e. The van der Waals surface area contributed by atoms with Gasteiger partial charge >= 0.3 is 18.2 Å². The van der Waals surface area contributed by atoms with Crippen molar-refractivity contribution in [1.29, 1.82) is 0 Å². The van der Waals surface area contributed by atoms with Crippen LogP contribution in [0.2, 0.25) is 0 Å². The molecule has 10 nitrogen and oxygen atoms in total. The van der Waals surface area contributed by atoms with Crippen molar-refractivity contribution in [2.24, 2.45) is 0 Å². The smallest absolute Gasteiger partial charge is 0.479 e. The summed E-state index contributed by atoms with van der Waals surface area (Å²) < 4.78 is 37.1. The number of piperazine rings is 1. The van der Waals surface area contributed by atoms with Crippen LogP contribution < -0.4 is 25.6 Å². The van der Waals surface area contributed by atoms with Crippen molar-refractivity contribution in [3.8, 4) is 5.88 Å². The molecule has 0 aliphatic carbocycles. The first-order valence-corrected chi connectivity index (χ1v) is 10.8. The van der Waals surface area contributed by atoms with Gasteiger partial charge in [0.1, 0.15) is 11.5 Å². The molecule has 1 saturated heterocycles. The number of hydrogen-bond donors (Lipinski definition) is 4. The van der Waals surface area contributed by atoms with E-state index in [-0.39, 0.29) is 6.03 Å². The van der Waals surface area contributed by atoms with Crippen molar-refractivity contribution in [3.63, 3.8) is 0 Å². The van der Waals surface area contributed by atoms with Gasteiger partial charge in [0.05, 0.1) is 7.11 Å². The quantitative estimate of drug-likeness (QED) is 0.510. The van der Waals surface area contributed by atoms with Gasteiger partial charge in [-0.15, -0.1) is 0 Å². The van der Waals surface area contributed by atoms with Crippen molar-refractivity contribution < 1.29 is 32.6 Å². The molecule has 2 aromatic rings. The third-order valence-corrected chi connectivity index (χ3v) is 5.45. The number of rotatable bonds is 4. The number of halogens is 3. The number of methoxy groups -OCH3 is 1. The van der Waals surface area contributed by atoms with Gasteiger partial charge in [0.2, 0.25) is 5.88 Å². The fraction of sp³-hybridized carbons (Fsp3) is 0.409. The number of urea groups is 1. The highest BCUT2D eigenvalue weighted by Crippen LogP contribution is 2.27. The zero-order valence-corrected chi connectivity index (χ0v) is 19.3. The molecule has 35 heavy (non-hydrogen) atoms. The van der Waals surface area contributed by atoms with Crippen LogP contribution >= 0.6 is 0 Å². The van der Waals surface area contributed by atoms with E-state index in [0.29, 0.717) is 11.6 Å². The number of carbonyl (C=O) groups excluding carboxylic acids is 1. The number of hydrogen-bond acceptors (Lipinski definition) is 7. The van der Waals surface area contributed by atoms with Crippen LogP contribution in [-0.4, -0.2) is 73.5 Å². The van der Waals surface area contributed by atoms with Crippen molar-refractivity contribution in [2.45, 2.75) is 19.3 Å². The molecule has 1 aromatic heterocycles. The number of amides is 2. The van der Waals surface area contributed by atoms with Crippen LogP contribution in [0.15, 0.2) is 30.3 Å². The van der Waals surface area contributed by atoms with Crippen molar-refractivity contribution in [2.75, 3.05) is 55.9 Å². The van der Waals surface area contributed by atoms with Gasteiger partial charge in [0, 0.05) is 45.0 Å². The molecule has 2 aliphatic rings. The van der Waals surface area contributed by atoms with Gasteiger partial charge in [0.15, 0.2) is 0 Å². The number of aliphatic carboxylic acids is 1. The summed E-state index contributed by atoms with van der Waals surface area (Å²) in [7, 11) is 3.68. The number of alkyl halides is 3. The normalized spacial score (nSPS) is 15.5. The number of nitrogens with one attached hydrogen (secondary N) is 3. The Morgan fingerprint density at radius 1 is 1.06 bits per heavy atom. The second-order valence-electron chi connectivity index (χ2n) is 7.99. The number of fused-ring (bicyclic) bond motifs is 1. The molecule has 1 aromatic carbocycles. The van der Waals surface area contributed by atoms with Crippen LogP contribution in [0.1, 0.15) is 11.1 Å². The Kier molecular flexibility index (Phi) is 8.35. The maximum absolute atomic E-state index is 12.4. The number of anilines is 3. The zero-order valence-electron chi connectivity index (χ0n) is 19.3. The summed E-state index contributed by atoms with van der Waals surface area (Å²) in [4.78, 5) is 30.4. The lowest BCUT2D eigenvalue weighted by atomic mass is 10.1. The zero-order chi connectivity index (χ0) is 25.6. The number of nitrogens with zero attached hydrogens (tertiary/aromatic N) is 3. The first-order chi connectivity index (χ1) is 16.6. The molecule has 13 heteroatoms. The van der Waals surface area contributed by atoms with Crippen LogP contribution in [0.25, 0.3) is 0 Å². The van der Waals surface area contributed by atoms with Crippen molar-refractivity contribution in [1.82, 2.24) is 15.2 Å². The van der Waals surface area contributed by atoms with Gasteiger partial charge < -0.3 is 35.6 Å². The molecule has 4 N–H and O–H groups in total. The Morgan fingerprint density at radius 3 is 2.34 bits per heavy atom. The molecular weight excluding hydrogens is 469 g/mol. The predicted octanol–water partition coefficient (Wildman–Crippen LogP) is 2.72. The lowest BCUT2D eigenvalue weighted by Crippen LogP contribution is -2.44. The van der Waals surface area contributed by atoms with Crippen LogP contribution in [0.4, 0.5) is 35.2 Å². The Balaban J connectivity index is 0.000000429. The van der Waals surface area contributed by atoms with Gasteiger partial charge in [0.25, 0.3) is 0 Å². The minimum atomic E-state index is -5.08. The van der Waals surface area contributed by atoms with Crippen molar-refractivity contribution in [3.05, 3.63) is 41.5 Å². The molecular formula is C22H27F3N6O4. The van der Waals surface area contributed by atoms with E-state index in [1.165, 1.54) is 11.1 Å². The molecule has 2 amide bonds. The lowest BCUT2D eigenvalue weighted by Gasteiger charge is -2.33. The largest absolute Gasteiger partial charge is 0.490 e. The molecule has 0 saturated carbocycles. The van der Waals surface area contributed by atoms with Crippen LogP contribution in [0, 0.1) is 0 Å². The van der Waals surface area contributed by atoms with Crippen molar-refractivity contribution >= 4 is 29.2 Å². The van der Waals surface area contributed by atoms with Gasteiger partial charge in [-0.05, 0) is 42.4 Å². The SMILES string of the molecule is COc1nc(N2CCN(C)CC2)ccc1NC(=O)Nc1ccc2c(c1)CNC2.O=C(O)C(F)(F)F. The van der Waals surface area contributed by atoms with E-state index in [9.17, 15) is 18.0 Å². The van der Waals surface area contributed by atoms with E-state index < -0.39 is 12.1 Å². The summed E-state index contributed by atoms with van der Waals surface area (Å²) in [5, 5.41) is 16.1. The first kappa shape index (κ1) is 26.0. The van der Waals surface area contributed by atoms with Gasteiger partial charge in [-0.1, -0.05) is 6.07 Å². The topological polar surface area (TPSA) is 119 Å². The highest BCUT2D eigenvalue weighted by atomic mass is 19.4. The molecule has 3 heterocycles. The molecule has 2 aliphatic heterocycles. The summed E-state index contributed by atoms with van der Waals surface area (Å²) in [5.74, 6) is -1.49. The third-order valence-electron chi connectivity index (χ3n) is 5.45. The first-order valence-electron chi connectivity index (χ1n) is 10.8. The van der Waals surface area contributed by atoms with E-state index >= 15 is 0 Å². The molecule has 190 valence electrons. The Bertz CT molecular complexity index is 1060. The maximum Gasteiger partial charge on any atom is 0.490 e. The van der Waals surface area contributed by atoms with E-state index in [0.717, 1.165) is 50.8 Å². The van der Waals surface area contributed by atoms with Gasteiger partial charge in [-0.3, -0.25) is 0 Å². The number of pyridine rings is 1. The third kappa shape index (κ3) is 7.20. The highest BCUT2D eigenvalue weighted by Gasteiger charge is 2.38. The highest BCUT2D eigenvalue weighted by molar-refractivity contribution is 6.00. The van der Waals surface area contributed by atoms with E-state index in [2.05, 4.69) is 37.8 Å². The van der Waals surface area contributed by atoms with Gasteiger partial charge in [-0.2, -0.15) is 18.2 Å². The van der Waals surface area contributed by atoms with Crippen LogP contribution in [-0.2, 0) is 17.9 Å². The second kappa shape index (κ2) is 11.2. The van der Waals surface area contributed by atoms with Crippen LogP contribution in [0.3, 0.4) is 0 Å². The Labute approximate surface area is 200 Å². The molecule has 0 radical (unpaired) electrons. The van der Waals surface area contributed by atoms with E-state index in [1.807, 2.05) is 30.3 Å². The molecule has 0 spiro atoms. The fourth-order valence-corrected chi connectivity index (χ4v) is 3.55. The van der Waals surface area contributed by atoms with E-state index in [1.54, 1.807) is 7.11 Å². The standard InChI is InChI=1S/C20H26N6O2.C2HF3O2/c1-25-7-9-26(10-8-25)18-6-5-17(19(24-18)28-2)23-20(27)22-16-4-3-14-12-21-13-15(14)11-16;3-2(4,5)1(6)7/h3-6,11,21H,7-10,12-13H2,1-2H3,(H2,22,23,27);(H,6,7). The number of carboxylic acids is 1. The summed E-state index contributed by atoms with van der Waals surface area (Å²) >= 11 is 0. The predicted molar refractivity (Wildman–Crippen MR) is 124 cm³/mol. The molecule has 0 atom stereocenters. The number of carbonyl (C=O) groups is 2. The minimum absolute atomic E-state index is 0.321. The number of carboxylic acid groups (broad SMARTS) is 1. The maximum atomic E-state index is 12.4. The monoisotopic (exact) mass is 496 g/mol. The summed E-state index contributed by atoms with van der Waals surface area (Å²) in [6.07, 6.45) is -5.08. The second-order valence-corrected chi connectivity index (χ2v) is 7.99. The molecule has 0 unspecified atom stereocenters. The average Bonchev–Trinajstić information content (AvgIpc) is 3.27. The lowest BCUT2D eigenvalue weighted by molar-refractivity contribution is -0.192. The number of ether oxygens (including phenoxy) is 1. The fourth-order valence-electron chi connectivity index (χ4n) is 3.55. The average molecular weight is 496 g/mol.